The first-order chi connectivity index (χ1) is 14.6. The Hall–Kier alpha value is -2.29. The van der Waals surface area contributed by atoms with E-state index in [1.54, 1.807) is 4.90 Å². The van der Waals surface area contributed by atoms with Crippen LogP contribution in [0.1, 0.15) is 53.6 Å². The van der Waals surface area contributed by atoms with Gasteiger partial charge in [-0.15, -0.1) is 0 Å². The second-order valence-electron chi connectivity index (χ2n) is 8.74. The van der Waals surface area contributed by atoms with Crippen molar-refractivity contribution in [1.29, 1.82) is 0 Å². The summed E-state index contributed by atoms with van der Waals surface area (Å²) < 4.78 is 6.16. The summed E-state index contributed by atoms with van der Waals surface area (Å²) >= 11 is 0. The molecule has 8 nitrogen and oxygen atoms in total. The standard InChI is InChI=1S/C22H28N4O4/c27-18-5-4-16(20(28)25-18)26-13-15-3-1-2-14(19(15)21(26)29)12-24-17-6-11-30-22(17)7-9-23-10-8-22/h1-3,16-17,23-24H,4-13H2,(H,25,27,28). The van der Waals surface area contributed by atoms with E-state index in [0.717, 1.165) is 50.1 Å². The van der Waals surface area contributed by atoms with E-state index in [4.69, 9.17) is 4.74 Å². The van der Waals surface area contributed by atoms with Crippen LogP contribution in [0.3, 0.4) is 0 Å². The summed E-state index contributed by atoms with van der Waals surface area (Å²) in [7, 11) is 0. The summed E-state index contributed by atoms with van der Waals surface area (Å²) in [6.45, 7) is 3.72. The predicted octanol–water partition coefficient (Wildman–Crippen LogP) is 0.448. The van der Waals surface area contributed by atoms with Gasteiger partial charge in [-0.25, -0.2) is 0 Å². The number of nitrogens with one attached hydrogen (secondary N) is 3. The Morgan fingerprint density at radius 1 is 1.17 bits per heavy atom. The molecule has 4 aliphatic heterocycles. The molecule has 30 heavy (non-hydrogen) atoms. The molecule has 4 heterocycles. The van der Waals surface area contributed by atoms with Crippen LogP contribution in [0.15, 0.2) is 18.2 Å². The van der Waals surface area contributed by atoms with E-state index in [-0.39, 0.29) is 35.8 Å². The van der Waals surface area contributed by atoms with Crippen LogP contribution >= 0.6 is 0 Å². The third-order valence-corrected chi connectivity index (χ3v) is 7.06. The van der Waals surface area contributed by atoms with E-state index in [1.807, 2.05) is 18.2 Å². The fourth-order valence-electron chi connectivity index (χ4n) is 5.44. The van der Waals surface area contributed by atoms with Crippen molar-refractivity contribution in [3.05, 3.63) is 34.9 Å². The number of ether oxygens (including phenoxy) is 1. The molecule has 1 aromatic carbocycles. The normalized spacial score (nSPS) is 28.1. The summed E-state index contributed by atoms with van der Waals surface area (Å²) in [6.07, 6.45) is 3.63. The van der Waals surface area contributed by atoms with Crippen LogP contribution in [0.5, 0.6) is 0 Å². The van der Waals surface area contributed by atoms with Gasteiger partial charge in [0.1, 0.15) is 6.04 Å². The molecule has 3 amide bonds. The molecule has 3 saturated heterocycles. The van der Waals surface area contributed by atoms with Gasteiger partial charge in [-0.2, -0.15) is 0 Å². The van der Waals surface area contributed by atoms with Gasteiger partial charge in [0.05, 0.1) is 5.60 Å². The molecule has 8 heteroatoms. The van der Waals surface area contributed by atoms with Gasteiger partial charge < -0.3 is 20.3 Å². The van der Waals surface area contributed by atoms with Crippen LogP contribution in [0.4, 0.5) is 0 Å². The fraction of sp³-hybridized carbons (Fsp3) is 0.591. The molecular formula is C22H28N4O4. The molecule has 0 radical (unpaired) electrons. The molecule has 3 fully saturated rings. The topological polar surface area (TPSA) is 99.8 Å². The zero-order chi connectivity index (χ0) is 20.7. The van der Waals surface area contributed by atoms with Crippen molar-refractivity contribution >= 4 is 17.7 Å². The zero-order valence-corrected chi connectivity index (χ0v) is 17.0. The minimum absolute atomic E-state index is 0.105. The van der Waals surface area contributed by atoms with Crippen LogP contribution in [0.2, 0.25) is 0 Å². The van der Waals surface area contributed by atoms with Gasteiger partial charge in [-0.05, 0) is 49.9 Å². The molecule has 0 saturated carbocycles. The average Bonchev–Trinajstić information content (AvgIpc) is 3.28. The molecule has 0 aromatic heterocycles. The number of hydrogen-bond acceptors (Lipinski definition) is 6. The summed E-state index contributed by atoms with van der Waals surface area (Å²) in [5.41, 5.74) is 2.51. The van der Waals surface area contributed by atoms with E-state index < -0.39 is 6.04 Å². The molecular weight excluding hydrogens is 384 g/mol. The number of rotatable bonds is 4. The summed E-state index contributed by atoms with van der Waals surface area (Å²) in [4.78, 5) is 38.6. The molecule has 5 rings (SSSR count). The maximum absolute atomic E-state index is 13.2. The lowest BCUT2D eigenvalue weighted by Crippen LogP contribution is -2.53. The van der Waals surface area contributed by atoms with Crippen molar-refractivity contribution in [3.8, 4) is 0 Å². The molecule has 3 N–H and O–H groups in total. The first kappa shape index (κ1) is 19.7. The quantitative estimate of drug-likeness (QED) is 0.621. The third-order valence-electron chi connectivity index (χ3n) is 7.06. The fourth-order valence-corrected chi connectivity index (χ4v) is 5.44. The van der Waals surface area contributed by atoms with Crippen LogP contribution in [0.25, 0.3) is 0 Å². The number of nitrogens with zero attached hydrogens (tertiary/aromatic N) is 1. The van der Waals surface area contributed by atoms with Crippen LogP contribution in [0, 0.1) is 0 Å². The monoisotopic (exact) mass is 412 g/mol. The van der Waals surface area contributed by atoms with Gasteiger partial charge in [-0.3, -0.25) is 19.7 Å². The molecule has 1 spiro atoms. The number of amides is 3. The Labute approximate surface area is 175 Å². The van der Waals surface area contributed by atoms with Crippen LogP contribution < -0.4 is 16.0 Å². The van der Waals surface area contributed by atoms with Gasteiger partial charge >= 0.3 is 0 Å². The van der Waals surface area contributed by atoms with Gasteiger partial charge in [0, 0.05) is 37.7 Å². The number of fused-ring (bicyclic) bond motifs is 1. The van der Waals surface area contributed by atoms with Crippen LogP contribution in [-0.2, 0) is 27.4 Å². The lowest BCUT2D eigenvalue weighted by Gasteiger charge is -2.38. The number of hydrogen-bond donors (Lipinski definition) is 3. The van der Waals surface area contributed by atoms with Crippen molar-refractivity contribution in [2.75, 3.05) is 19.7 Å². The summed E-state index contributed by atoms with van der Waals surface area (Å²) in [5, 5.41) is 9.43. The van der Waals surface area contributed by atoms with Crippen molar-refractivity contribution in [3.63, 3.8) is 0 Å². The highest BCUT2D eigenvalue weighted by molar-refractivity contribution is 6.05. The second kappa shape index (κ2) is 7.76. The highest BCUT2D eigenvalue weighted by Crippen LogP contribution is 2.35. The number of piperidine rings is 2. The summed E-state index contributed by atoms with van der Waals surface area (Å²) in [6, 6.07) is 5.61. The molecule has 2 unspecified atom stereocenters. The SMILES string of the molecule is O=C1CCC(N2Cc3cccc(CNC4CCOC45CCNCC5)c3C2=O)C(=O)N1. The Morgan fingerprint density at radius 2 is 2.00 bits per heavy atom. The molecule has 4 aliphatic rings. The Balaban J connectivity index is 1.31. The third kappa shape index (κ3) is 3.33. The second-order valence-corrected chi connectivity index (χ2v) is 8.74. The van der Waals surface area contributed by atoms with Gasteiger partial charge in [-0.1, -0.05) is 18.2 Å². The maximum Gasteiger partial charge on any atom is 0.255 e. The number of carbonyl (C=O) groups is 3. The van der Waals surface area contributed by atoms with E-state index >= 15 is 0 Å². The lowest BCUT2D eigenvalue weighted by molar-refractivity contribution is -0.136. The summed E-state index contributed by atoms with van der Waals surface area (Å²) in [5.74, 6) is -0.755. The first-order valence-electron chi connectivity index (χ1n) is 10.9. The molecule has 160 valence electrons. The predicted molar refractivity (Wildman–Crippen MR) is 109 cm³/mol. The average molecular weight is 412 g/mol. The largest absolute Gasteiger partial charge is 0.373 e. The zero-order valence-electron chi connectivity index (χ0n) is 17.0. The Kier molecular flexibility index (Phi) is 5.08. The minimum Gasteiger partial charge on any atom is -0.373 e. The van der Waals surface area contributed by atoms with Crippen molar-refractivity contribution < 1.29 is 19.1 Å². The van der Waals surface area contributed by atoms with E-state index in [9.17, 15) is 14.4 Å². The van der Waals surface area contributed by atoms with Crippen molar-refractivity contribution in [2.45, 2.75) is 62.9 Å². The number of benzene rings is 1. The van der Waals surface area contributed by atoms with E-state index in [2.05, 4.69) is 16.0 Å². The van der Waals surface area contributed by atoms with Crippen LogP contribution in [-0.4, -0.2) is 60.0 Å². The molecule has 2 atom stereocenters. The van der Waals surface area contributed by atoms with E-state index in [1.165, 1.54) is 0 Å². The maximum atomic E-state index is 13.2. The number of carbonyl (C=O) groups excluding carboxylic acids is 3. The molecule has 0 aliphatic carbocycles. The first-order valence-corrected chi connectivity index (χ1v) is 10.9. The molecule has 1 aromatic rings. The van der Waals surface area contributed by atoms with E-state index in [0.29, 0.717) is 25.1 Å². The molecule has 0 bridgehead atoms. The lowest BCUT2D eigenvalue weighted by atomic mass is 9.85. The highest BCUT2D eigenvalue weighted by Gasteiger charge is 2.45. The van der Waals surface area contributed by atoms with Gasteiger partial charge in [0.25, 0.3) is 5.91 Å². The minimum atomic E-state index is -0.579. The van der Waals surface area contributed by atoms with Crippen molar-refractivity contribution in [1.82, 2.24) is 20.9 Å². The Morgan fingerprint density at radius 3 is 2.80 bits per heavy atom. The van der Waals surface area contributed by atoms with Gasteiger partial charge in [0.2, 0.25) is 11.8 Å². The smallest absolute Gasteiger partial charge is 0.255 e. The Bertz CT molecular complexity index is 880. The number of imide groups is 1. The van der Waals surface area contributed by atoms with Crippen molar-refractivity contribution in [2.24, 2.45) is 0 Å². The highest BCUT2D eigenvalue weighted by atomic mass is 16.5. The van der Waals surface area contributed by atoms with Gasteiger partial charge in [0.15, 0.2) is 0 Å².